The molecule has 2 aliphatic heterocycles. The number of alkyl halides is 3. The molecule has 0 radical (unpaired) electrons. The average molecular weight is 422 g/mol. The van der Waals surface area contributed by atoms with Crippen LogP contribution in [0.25, 0.3) is 11.0 Å². The maximum absolute atomic E-state index is 13.6. The number of carbonyl (C=O) groups excluding carboxylic acids is 1. The van der Waals surface area contributed by atoms with Crippen LogP contribution in [0.1, 0.15) is 49.3 Å². The lowest BCUT2D eigenvalue weighted by molar-refractivity contribution is -0.140. The number of pyridine rings is 1. The first kappa shape index (κ1) is 19.6. The predicted molar refractivity (Wildman–Crippen MR) is 105 cm³/mol. The van der Waals surface area contributed by atoms with E-state index in [1.807, 2.05) is 9.80 Å². The van der Waals surface area contributed by atoms with Crippen LogP contribution in [0, 0.1) is 0 Å². The van der Waals surface area contributed by atoms with Crippen LogP contribution >= 0.6 is 0 Å². The molecule has 4 heterocycles. The Labute approximate surface area is 172 Å². The van der Waals surface area contributed by atoms with Crippen molar-refractivity contribution in [1.82, 2.24) is 25.4 Å². The standard InChI is InChI=1S/C20H25F3N6O/c21-20(22,23)18-16-17(14(12-3-4-12)11-25-19(16)27-26-18)29-8-6-28(7-9-29)15(30)10-13-2-1-5-24-13/h11-13,24H,1-10H2,(H,25,26,27). The lowest BCUT2D eigenvalue weighted by Gasteiger charge is -2.37. The Morgan fingerprint density at radius 3 is 2.57 bits per heavy atom. The van der Waals surface area contributed by atoms with Crippen LogP contribution in [0.4, 0.5) is 18.9 Å². The summed E-state index contributed by atoms with van der Waals surface area (Å²) in [7, 11) is 0. The second-order valence-corrected chi connectivity index (χ2v) is 8.50. The Morgan fingerprint density at radius 1 is 1.17 bits per heavy atom. The Hall–Kier alpha value is -2.36. The molecule has 1 aliphatic carbocycles. The van der Waals surface area contributed by atoms with Crippen LogP contribution in [-0.4, -0.2) is 64.8 Å². The molecule has 1 atom stereocenters. The van der Waals surface area contributed by atoms with Crippen molar-refractivity contribution in [2.24, 2.45) is 0 Å². The van der Waals surface area contributed by atoms with Gasteiger partial charge in [0.05, 0.1) is 11.1 Å². The van der Waals surface area contributed by atoms with Gasteiger partial charge < -0.3 is 15.1 Å². The van der Waals surface area contributed by atoms with Crippen LogP contribution in [0.5, 0.6) is 0 Å². The van der Waals surface area contributed by atoms with Gasteiger partial charge in [0.25, 0.3) is 0 Å². The number of anilines is 1. The fourth-order valence-corrected chi connectivity index (χ4v) is 4.68. The van der Waals surface area contributed by atoms with Crippen LogP contribution in [0.15, 0.2) is 6.20 Å². The summed E-state index contributed by atoms with van der Waals surface area (Å²) in [6.07, 6.45) is 1.69. The minimum atomic E-state index is -4.53. The summed E-state index contributed by atoms with van der Waals surface area (Å²) in [5.41, 5.74) is 0.707. The van der Waals surface area contributed by atoms with Gasteiger partial charge in [-0.2, -0.15) is 18.3 Å². The smallest absolute Gasteiger partial charge is 0.367 e. The van der Waals surface area contributed by atoms with Gasteiger partial charge in [-0.1, -0.05) is 0 Å². The summed E-state index contributed by atoms with van der Waals surface area (Å²) in [6, 6.07) is 0.247. The van der Waals surface area contributed by atoms with Crippen molar-refractivity contribution in [1.29, 1.82) is 0 Å². The summed E-state index contributed by atoms with van der Waals surface area (Å²) in [4.78, 5) is 20.6. The number of fused-ring (bicyclic) bond motifs is 1. The molecule has 1 saturated carbocycles. The molecule has 0 aromatic carbocycles. The Bertz CT molecular complexity index is 940. The van der Waals surface area contributed by atoms with Gasteiger partial charge in [0.1, 0.15) is 0 Å². The fourth-order valence-electron chi connectivity index (χ4n) is 4.68. The number of aromatic nitrogens is 3. The van der Waals surface area contributed by atoms with Crippen molar-refractivity contribution in [3.8, 4) is 0 Å². The van der Waals surface area contributed by atoms with E-state index >= 15 is 0 Å². The fraction of sp³-hybridized carbons (Fsp3) is 0.650. The Balaban J connectivity index is 1.40. The van der Waals surface area contributed by atoms with E-state index in [9.17, 15) is 18.0 Å². The van der Waals surface area contributed by atoms with Crippen molar-refractivity contribution in [2.45, 2.75) is 50.2 Å². The van der Waals surface area contributed by atoms with Gasteiger partial charge in [0.2, 0.25) is 5.91 Å². The van der Waals surface area contributed by atoms with E-state index in [1.165, 1.54) is 0 Å². The highest BCUT2D eigenvalue weighted by Gasteiger charge is 2.40. The molecule has 2 aromatic rings. The summed E-state index contributed by atoms with van der Waals surface area (Å²) in [5, 5.41) is 9.36. The van der Waals surface area contributed by atoms with Gasteiger partial charge in [-0.15, -0.1) is 0 Å². The summed E-state index contributed by atoms with van der Waals surface area (Å²) in [6.45, 7) is 2.99. The van der Waals surface area contributed by atoms with Gasteiger partial charge >= 0.3 is 6.18 Å². The zero-order valence-electron chi connectivity index (χ0n) is 16.6. The minimum absolute atomic E-state index is 0.0573. The number of nitrogens with one attached hydrogen (secondary N) is 2. The number of hydrogen-bond acceptors (Lipinski definition) is 5. The molecule has 10 heteroatoms. The van der Waals surface area contributed by atoms with Crippen LogP contribution in [0.3, 0.4) is 0 Å². The van der Waals surface area contributed by atoms with Gasteiger partial charge in [0, 0.05) is 44.8 Å². The lowest BCUT2D eigenvalue weighted by atomic mass is 10.0. The first-order valence-corrected chi connectivity index (χ1v) is 10.6. The molecule has 2 saturated heterocycles. The summed E-state index contributed by atoms with van der Waals surface area (Å²) >= 11 is 0. The zero-order chi connectivity index (χ0) is 20.9. The van der Waals surface area contributed by atoms with E-state index < -0.39 is 11.9 Å². The van der Waals surface area contributed by atoms with Gasteiger partial charge in [-0.05, 0) is 43.7 Å². The molecular weight excluding hydrogens is 397 g/mol. The first-order valence-electron chi connectivity index (χ1n) is 10.6. The molecular formula is C20H25F3N6O. The third-order valence-electron chi connectivity index (χ3n) is 6.42. The lowest BCUT2D eigenvalue weighted by Crippen LogP contribution is -2.50. The van der Waals surface area contributed by atoms with Gasteiger partial charge in [0.15, 0.2) is 11.3 Å². The molecule has 162 valence electrons. The minimum Gasteiger partial charge on any atom is -0.367 e. The Kier molecular flexibility index (Phi) is 4.83. The van der Waals surface area contributed by atoms with Crippen LogP contribution in [-0.2, 0) is 11.0 Å². The number of amides is 1. The first-order chi connectivity index (χ1) is 14.4. The molecule has 0 spiro atoms. The molecule has 5 rings (SSSR count). The molecule has 2 N–H and O–H groups in total. The van der Waals surface area contributed by atoms with Crippen LogP contribution < -0.4 is 10.2 Å². The van der Waals surface area contributed by atoms with Crippen molar-refractivity contribution >= 4 is 22.6 Å². The summed E-state index contributed by atoms with van der Waals surface area (Å²) in [5.74, 6) is 0.372. The predicted octanol–water partition coefficient (Wildman–Crippen LogP) is 2.64. The molecule has 0 bridgehead atoms. The highest BCUT2D eigenvalue weighted by molar-refractivity contribution is 5.94. The average Bonchev–Trinajstić information content (AvgIpc) is 3.25. The van der Waals surface area contributed by atoms with Crippen molar-refractivity contribution in [2.75, 3.05) is 37.6 Å². The second kappa shape index (κ2) is 7.40. The van der Waals surface area contributed by atoms with E-state index in [1.54, 1.807) is 6.20 Å². The van der Waals surface area contributed by atoms with Gasteiger partial charge in [-0.3, -0.25) is 9.89 Å². The number of nitrogens with zero attached hydrogens (tertiary/aromatic N) is 4. The van der Waals surface area contributed by atoms with Gasteiger partial charge in [-0.25, -0.2) is 4.98 Å². The number of halogens is 3. The van der Waals surface area contributed by atoms with Crippen molar-refractivity contribution < 1.29 is 18.0 Å². The molecule has 1 amide bonds. The highest BCUT2D eigenvalue weighted by Crippen LogP contribution is 2.48. The van der Waals surface area contributed by atoms with Crippen LogP contribution in [0.2, 0.25) is 0 Å². The maximum Gasteiger partial charge on any atom is 0.433 e. The number of H-pyrrole nitrogens is 1. The number of piperazine rings is 1. The number of rotatable bonds is 4. The summed E-state index contributed by atoms with van der Waals surface area (Å²) < 4.78 is 40.9. The van der Waals surface area contributed by atoms with E-state index in [4.69, 9.17) is 0 Å². The molecule has 1 unspecified atom stereocenters. The van der Waals surface area contributed by atoms with Crippen molar-refractivity contribution in [3.63, 3.8) is 0 Å². The molecule has 30 heavy (non-hydrogen) atoms. The normalized spacial score (nSPS) is 22.8. The second-order valence-electron chi connectivity index (χ2n) is 8.50. The van der Waals surface area contributed by atoms with E-state index in [0.717, 1.165) is 37.8 Å². The molecule has 3 aliphatic rings. The van der Waals surface area contributed by atoms with E-state index in [0.29, 0.717) is 38.3 Å². The molecule has 7 nitrogen and oxygen atoms in total. The molecule has 2 aromatic heterocycles. The highest BCUT2D eigenvalue weighted by atomic mass is 19.4. The topological polar surface area (TPSA) is 77.2 Å². The number of carbonyl (C=O) groups is 1. The third-order valence-corrected chi connectivity index (χ3v) is 6.42. The monoisotopic (exact) mass is 422 g/mol. The van der Waals surface area contributed by atoms with Crippen molar-refractivity contribution in [3.05, 3.63) is 17.5 Å². The largest absolute Gasteiger partial charge is 0.433 e. The number of hydrogen-bond donors (Lipinski definition) is 2. The Morgan fingerprint density at radius 2 is 1.93 bits per heavy atom. The molecule has 3 fully saturated rings. The zero-order valence-corrected chi connectivity index (χ0v) is 16.6. The quantitative estimate of drug-likeness (QED) is 0.792. The SMILES string of the molecule is O=C(CC1CCCN1)N1CCN(c2c(C3CC3)cnc3n[nH]c(C(F)(F)F)c23)CC1. The maximum atomic E-state index is 13.6. The number of aromatic amines is 1. The third kappa shape index (κ3) is 3.61. The van der Waals surface area contributed by atoms with E-state index in [2.05, 4.69) is 20.5 Å². The van der Waals surface area contributed by atoms with E-state index in [-0.39, 0.29) is 28.9 Å².